The average Bonchev–Trinajstić information content (AvgIpc) is 3.42. The molecule has 39 heavy (non-hydrogen) atoms. The SMILES string of the molecule is N#CC1CCN(C(=O)N2CC(c3ccc(OC(F)(F)F)cc3)CC(c3nc(-c4ccccc4F)co3)C2)CC1. The number of nitrogens with zero attached hydrogens (tertiary/aromatic N) is 4. The van der Waals surface area contributed by atoms with E-state index in [9.17, 15) is 27.6 Å². The lowest BCUT2D eigenvalue weighted by atomic mass is 9.84. The van der Waals surface area contributed by atoms with Crippen LogP contribution in [0.25, 0.3) is 11.3 Å². The smallest absolute Gasteiger partial charge is 0.448 e. The number of piperidine rings is 2. The van der Waals surface area contributed by atoms with Crippen LogP contribution in [0.2, 0.25) is 0 Å². The first-order valence-corrected chi connectivity index (χ1v) is 12.7. The highest BCUT2D eigenvalue weighted by Crippen LogP contribution is 2.38. The zero-order valence-corrected chi connectivity index (χ0v) is 20.9. The number of ether oxygens (including phenoxy) is 1. The van der Waals surface area contributed by atoms with Gasteiger partial charge in [0.25, 0.3) is 0 Å². The van der Waals surface area contributed by atoms with Crippen LogP contribution in [0.3, 0.4) is 0 Å². The molecule has 0 bridgehead atoms. The topological polar surface area (TPSA) is 82.6 Å². The lowest BCUT2D eigenvalue weighted by molar-refractivity contribution is -0.274. The largest absolute Gasteiger partial charge is 0.573 e. The molecule has 0 spiro atoms. The van der Waals surface area contributed by atoms with Crippen molar-refractivity contribution in [2.75, 3.05) is 26.2 Å². The second-order valence-electron chi connectivity index (χ2n) is 9.88. The zero-order chi connectivity index (χ0) is 27.6. The second-order valence-corrected chi connectivity index (χ2v) is 9.88. The molecule has 2 aliphatic heterocycles. The van der Waals surface area contributed by atoms with Crippen LogP contribution in [0.5, 0.6) is 5.75 Å². The highest BCUT2D eigenvalue weighted by atomic mass is 19.4. The molecule has 1 aromatic heterocycles. The van der Waals surface area contributed by atoms with Crippen molar-refractivity contribution in [2.45, 2.75) is 37.5 Å². The van der Waals surface area contributed by atoms with Gasteiger partial charge in [-0.15, -0.1) is 13.2 Å². The Hall–Kier alpha value is -4.07. The fourth-order valence-corrected chi connectivity index (χ4v) is 5.29. The van der Waals surface area contributed by atoms with Crippen molar-refractivity contribution in [3.05, 3.63) is 72.1 Å². The van der Waals surface area contributed by atoms with Crippen LogP contribution < -0.4 is 4.74 Å². The summed E-state index contributed by atoms with van der Waals surface area (Å²) in [5, 5.41) is 9.19. The van der Waals surface area contributed by atoms with E-state index in [0.717, 1.165) is 5.56 Å². The number of aromatic nitrogens is 1. The van der Waals surface area contributed by atoms with E-state index in [1.165, 1.54) is 24.5 Å². The molecule has 2 aromatic carbocycles. The summed E-state index contributed by atoms with van der Waals surface area (Å²) in [5.41, 5.74) is 1.39. The summed E-state index contributed by atoms with van der Waals surface area (Å²) in [4.78, 5) is 21.5. The first kappa shape index (κ1) is 26.5. The quantitative estimate of drug-likeness (QED) is 0.361. The Kier molecular flexibility index (Phi) is 7.46. The Balaban J connectivity index is 1.39. The van der Waals surface area contributed by atoms with Crippen molar-refractivity contribution in [3.63, 3.8) is 0 Å². The molecule has 2 amide bonds. The molecule has 0 radical (unpaired) electrons. The molecule has 0 N–H and O–H groups in total. The molecule has 0 aliphatic carbocycles. The van der Waals surface area contributed by atoms with Crippen molar-refractivity contribution in [3.8, 4) is 23.1 Å². The Morgan fingerprint density at radius 3 is 2.38 bits per heavy atom. The maximum Gasteiger partial charge on any atom is 0.573 e. The predicted octanol–water partition coefficient (Wildman–Crippen LogP) is 6.31. The number of carbonyl (C=O) groups excluding carboxylic acids is 1. The molecule has 3 heterocycles. The van der Waals surface area contributed by atoms with Crippen LogP contribution in [0, 0.1) is 23.1 Å². The average molecular weight is 543 g/mol. The fourth-order valence-electron chi connectivity index (χ4n) is 5.29. The first-order valence-electron chi connectivity index (χ1n) is 12.7. The second kappa shape index (κ2) is 11.0. The number of urea groups is 1. The maximum absolute atomic E-state index is 14.3. The standard InChI is InChI=1S/C28H26F4N4O3/c29-24-4-2-1-3-23(24)25-17-38-26(34-25)21-13-20(19-5-7-22(8-6-19)39-28(30,31)32)15-36(16-21)27(37)35-11-9-18(14-33)10-12-35/h1-8,17-18,20-21H,9-13,15-16H2. The fraction of sp³-hybridized carbons (Fsp3) is 0.393. The highest BCUT2D eigenvalue weighted by Gasteiger charge is 2.37. The van der Waals surface area contributed by atoms with Crippen LogP contribution >= 0.6 is 0 Å². The molecule has 7 nitrogen and oxygen atoms in total. The minimum atomic E-state index is -4.79. The number of benzene rings is 2. The number of alkyl halides is 3. The molecule has 2 fully saturated rings. The monoisotopic (exact) mass is 542 g/mol. The summed E-state index contributed by atoms with van der Waals surface area (Å²) >= 11 is 0. The Bertz CT molecular complexity index is 1340. The number of oxazole rings is 1. The molecule has 2 aliphatic rings. The molecule has 2 saturated heterocycles. The number of halogens is 4. The van der Waals surface area contributed by atoms with E-state index in [1.54, 1.807) is 40.1 Å². The van der Waals surface area contributed by atoms with E-state index >= 15 is 0 Å². The molecule has 11 heteroatoms. The van der Waals surface area contributed by atoms with E-state index in [-0.39, 0.29) is 29.5 Å². The van der Waals surface area contributed by atoms with Gasteiger partial charge in [0.2, 0.25) is 0 Å². The Morgan fingerprint density at radius 2 is 1.72 bits per heavy atom. The first-order chi connectivity index (χ1) is 18.7. The van der Waals surface area contributed by atoms with Gasteiger partial charge in [-0.1, -0.05) is 24.3 Å². The summed E-state index contributed by atoms with van der Waals surface area (Å²) in [6.45, 7) is 1.62. The highest BCUT2D eigenvalue weighted by molar-refractivity contribution is 5.75. The van der Waals surface area contributed by atoms with E-state index in [1.807, 2.05) is 0 Å². The summed E-state index contributed by atoms with van der Waals surface area (Å²) < 4.78 is 61.9. The third-order valence-electron chi connectivity index (χ3n) is 7.28. The molecule has 204 valence electrons. The van der Waals surface area contributed by atoms with E-state index in [2.05, 4.69) is 15.8 Å². The number of rotatable bonds is 4. The van der Waals surface area contributed by atoms with Crippen LogP contribution in [0.4, 0.5) is 22.4 Å². The van der Waals surface area contributed by atoms with Crippen molar-refractivity contribution in [1.82, 2.24) is 14.8 Å². The van der Waals surface area contributed by atoms with Gasteiger partial charge in [-0.2, -0.15) is 5.26 Å². The number of nitriles is 1. The van der Waals surface area contributed by atoms with E-state index < -0.39 is 12.2 Å². The van der Waals surface area contributed by atoms with Crippen LogP contribution in [0.15, 0.2) is 59.2 Å². The van der Waals surface area contributed by atoms with Gasteiger partial charge in [-0.05, 0) is 49.1 Å². The van der Waals surface area contributed by atoms with Crippen LogP contribution in [0.1, 0.15) is 42.6 Å². The third-order valence-corrected chi connectivity index (χ3v) is 7.28. The molecule has 2 atom stereocenters. The number of hydrogen-bond donors (Lipinski definition) is 0. The molecule has 2 unspecified atom stereocenters. The van der Waals surface area contributed by atoms with Crippen molar-refractivity contribution in [1.29, 1.82) is 5.26 Å². The number of carbonyl (C=O) groups is 1. The number of amides is 2. The Labute approximate surface area is 222 Å². The number of likely N-dealkylation sites (tertiary alicyclic amines) is 2. The van der Waals surface area contributed by atoms with Crippen molar-refractivity contribution in [2.24, 2.45) is 5.92 Å². The maximum atomic E-state index is 14.3. The van der Waals surface area contributed by atoms with E-state index in [0.29, 0.717) is 62.6 Å². The third kappa shape index (κ3) is 6.16. The zero-order valence-electron chi connectivity index (χ0n) is 20.9. The molecular weight excluding hydrogens is 516 g/mol. The minimum absolute atomic E-state index is 0.0718. The molecule has 5 rings (SSSR count). The molecule has 0 saturated carbocycles. The van der Waals surface area contributed by atoms with Gasteiger partial charge in [-0.3, -0.25) is 0 Å². The van der Waals surface area contributed by atoms with Gasteiger partial charge in [0.15, 0.2) is 5.89 Å². The summed E-state index contributed by atoms with van der Waals surface area (Å²) in [6.07, 6.45) is -1.66. The predicted molar refractivity (Wildman–Crippen MR) is 132 cm³/mol. The lowest BCUT2D eigenvalue weighted by Crippen LogP contribution is -2.51. The van der Waals surface area contributed by atoms with Gasteiger partial charge in [-0.25, -0.2) is 14.2 Å². The van der Waals surface area contributed by atoms with Crippen LogP contribution in [-0.2, 0) is 0 Å². The summed E-state index contributed by atoms with van der Waals surface area (Å²) in [7, 11) is 0. The van der Waals surface area contributed by atoms with E-state index in [4.69, 9.17) is 4.42 Å². The lowest BCUT2D eigenvalue weighted by Gasteiger charge is -2.40. The molecular formula is C28H26F4N4O3. The summed E-state index contributed by atoms with van der Waals surface area (Å²) in [6, 6.07) is 14.0. The Morgan fingerprint density at radius 1 is 1.03 bits per heavy atom. The van der Waals surface area contributed by atoms with Crippen molar-refractivity contribution >= 4 is 6.03 Å². The van der Waals surface area contributed by atoms with Crippen LogP contribution in [-0.4, -0.2) is 53.4 Å². The van der Waals surface area contributed by atoms with Gasteiger partial charge < -0.3 is 19.0 Å². The van der Waals surface area contributed by atoms with Gasteiger partial charge in [0.05, 0.1) is 12.0 Å². The van der Waals surface area contributed by atoms with Crippen molar-refractivity contribution < 1.29 is 31.5 Å². The molecule has 3 aromatic rings. The normalized spacial score (nSPS) is 20.5. The van der Waals surface area contributed by atoms with Gasteiger partial charge in [0, 0.05) is 43.6 Å². The van der Waals surface area contributed by atoms with Gasteiger partial charge in [0.1, 0.15) is 23.5 Å². The van der Waals surface area contributed by atoms with Gasteiger partial charge >= 0.3 is 12.4 Å². The summed E-state index contributed by atoms with van der Waals surface area (Å²) in [5.74, 6) is -1.01. The number of hydrogen-bond acceptors (Lipinski definition) is 5. The minimum Gasteiger partial charge on any atom is -0.448 e.